The summed E-state index contributed by atoms with van der Waals surface area (Å²) >= 11 is 0. The average molecular weight is 394 g/mol. The van der Waals surface area contributed by atoms with Crippen molar-refractivity contribution in [3.63, 3.8) is 0 Å². The maximum Gasteiger partial charge on any atom is 0.254 e. The molecule has 29 heavy (non-hydrogen) atoms. The number of nitrogens with one attached hydrogen (secondary N) is 1. The van der Waals surface area contributed by atoms with Gasteiger partial charge in [0.2, 0.25) is 11.8 Å². The minimum absolute atomic E-state index is 0.00642. The number of carbonyl (C=O) groups excluding carboxylic acids is 2. The van der Waals surface area contributed by atoms with Gasteiger partial charge in [0.15, 0.2) is 0 Å². The number of carbonyl (C=O) groups is 2. The van der Waals surface area contributed by atoms with Crippen molar-refractivity contribution in [2.75, 3.05) is 19.6 Å². The Hall–Kier alpha value is -2.96. The molecule has 0 aliphatic carbocycles. The van der Waals surface area contributed by atoms with Gasteiger partial charge in [-0.2, -0.15) is 0 Å². The largest absolute Gasteiger partial charge is 0.342 e. The number of amides is 2. The van der Waals surface area contributed by atoms with E-state index in [1.807, 2.05) is 36.1 Å². The number of fused-ring (bicyclic) bond motifs is 1. The lowest BCUT2D eigenvalue weighted by atomic mass is 10.0. The van der Waals surface area contributed by atoms with Gasteiger partial charge in [0.25, 0.3) is 5.56 Å². The van der Waals surface area contributed by atoms with E-state index in [9.17, 15) is 14.4 Å². The van der Waals surface area contributed by atoms with Gasteiger partial charge in [-0.05, 0) is 25.3 Å². The van der Waals surface area contributed by atoms with Crippen LogP contribution in [0.2, 0.25) is 0 Å². The van der Waals surface area contributed by atoms with Crippen LogP contribution in [0.4, 0.5) is 0 Å². The third-order valence-electron chi connectivity index (χ3n) is 5.90. The fourth-order valence-corrected chi connectivity index (χ4v) is 4.24. The summed E-state index contributed by atoms with van der Waals surface area (Å²) in [6.07, 6.45) is 1.69. The summed E-state index contributed by atoms with van der Waals surface area (Å²) in [6, 6.07) is 8.00. The number of hydrogen-bond donors (Lipinski definition) is 1. The summed E-state index contributed by atoms with van der Waals surface area (Å²) in [6.45, 7) is 5.71. The van der Waals surface area contributed by atoms with E-state index in [1.165, 1.54) is 6.92 Å². The molecular weight excluding hydrogens is 368 g/mol. The van der Waals surface area contributed by atoms with Crippen LogP contribution in [0.25, 0.3) is 0 Å². The lowest BCUT2D eigenvalue weighted by Crippen LogP contribution is -2.38. The molecule has 2 aliphatic heterocycles. The van der Waals surface area contributed by atoms with Gasteiger partial charge in [0, 0.05) is 38.0 Å². The summed E-state index contributed by atoms with van der Waals surface area (Å²) < 4.78 is 0. The molecule has 1 aromatic carbocycles. The summed E-state index contributed by atoms with van der Waals surface area (Å²) in [7, 11) is 0. The SMILES string of the molecule is CC(=O)N1CCc2c(nc(C3CCN(C(=O)Cc4cccc(C)c4)C3)[nH]c2=O)C1. The second-order valence-corrected chi connectivity index (χ2v) is 8.06. The van der Waals surface area contributed by atoms with Gasteiger partial charge in [-0.15, -0.1) is 0 Å². The Morgan fingerprint density at radius 3 is 2.83 bits per heavy atom. The van der Waals surface area contributed by atoms with Gasteiger partial charge in [-0.25, -0.2) is 4.98 Å². The molecule has 0 radical (unpaired) electrons. The van der Waals surface area contributed by atoms with Gasteiger partial charge in [0.05, 0.1) is 18.7 Å². The van der Waals surface area contributed by atoms with Crippen LogP contribution in [-0.2, 0) is 29.0 Å². The molecule has 1 fully saturated rings. The minimum Gasteiger partial charge on any atom is -0.342 e. The van der Waals surface area contributed by atoms with Gasteiger partial charge < -0.3 is 14.8 Å². The topological polar surface area (TPSA) is 86.4 Å². The van der Waals surface area contributed by atoms with Crippen LogP contribution in [-0.4, -0.2) is 51.2 Å². The average Bonchev–Trinajstić information content (AvgIpc) is 3.18. The van der Waals surface area contributed by atoms with Crippen molar-refractivity contribution < 1.29 is 9.59 Å². The van der Waals surface area contributed by atoms with E-state index in [0.717, 1.165) is 17.5 Å². The maximum absolute atomic E-state index is 12.7. The molecule has 0 saturated carbocycles. The molecule has 1 unspecified atom stereocenters. The van der Waals surface area contributed by atoms with E-state index in [-0.39, 0.29) is 23.3 Å². The van der Waals surface area contributed by atoms with Gasteiger partial charge in [-0.1, -0.05) is 29.8 Å². The molecule has 1 atom stereocenters. The molecule has 3 heterocycles. The van der Waals surface area contributed by atoms with Crippen LogP contribution >= 0.6 is 0 Å². The normalized spacial score (nSPS) is 18.6. The van der Waals surface area contributed by atoms with Crippen molar-refractivity contribution in [2.24, 2.45) is 0 Å². The highest BCUT2D eigenvalue weighted by molar-refractivity contribution is 5.79. The Morgan fingerprint density at radius 2 is 2.07 bits per heavy atom. The maximum atomic E-state index is 12.7. The van der Waals surface area contributed by atoms with Crippen molar-refractivity contribution >= 4 is 11.8 Å². The molecule has 4 rings (SSSR count). The molecule has 1 N–H and O–H groups in total. The molecule has 7 heteroatoms. The molecule has 2 aromatic rings. The van der Waals surface area contributed by atoms with Gasteiger partial charge >= 0.3 is 0 Å². The van der Waals surface area contributed by atoms with Crippen molar-refractivity contribution in [1.29, 1.82) is 0 Å². The summed E-state index contributed by atoms with van der Waals surface area (Å²) in [5.41, 5.74) is 3.41. The predicted octanol–water partition coefficient (Wildman–Crippen LogP) is 1.54. The molecular formula is C22H26N4O3. The number of aromatic amines is 1. The van der Waals surface area contributed by atoms with E-state index in [4.69, 9.17) is 4.98 Å². The minimum atomic E-state index is -0.113. The van der Waals surface area contributed by atoms with Crippen molar-refractivity contribution in [1.82, 2.24) is 19.8 Å². The fraction of sp³-hybridized carbons (Fsp3) is 0.455. The zero-order valence-electron chi connectivity index (χ0n) is 16.9. The van der Waals surface area contributed by atoms with Crippen molar-refractivity contribution in [3.05, 3.63) is 62.8 Å². The van der Waals surface area contributed by atoms with Gasteiger partial charge in [0.1, 0.15) is 5.82 Å². The number of aromatic nitrogens is 2. The lowest BCUT2D eigenvalue weighted by Gasteiger charge is -2.27. The van der Waals surface area contributed by atoms with E-state index < -0.39 is 0 Å². The lowest BCUT2D eigenvalue weighted by molar-refractivity contribution is -0.130. The Kier molecular flexibility index (Phi) is 5.22. The molecule has 7 nitrogen and oxygen atoms in total. The smallest absolute Gasteiger partial charge is 0.254 e. The van der Waals surface area contributed by atoms with E-state index in [2.05, 4.69) is 4.98 Å². The molecule has 2 amide bonds. The zero-order chi connectivity index (χ0) is 20.5. The quantitative estimate of drug-likeness (QED) is 0.856. The molecule has 1 saturated heterocycles. The molecule has 1 aromatic heterocycles. The highest BCUT2D eigenvalue weighted by Crippen LogP contribution is 2.26. The first kappa shape index (κ1) is 19.4. The number of benzene rings is 1. The first-order chi connectivity index (χ1) is 13.9. The Labute approximate surface area is 169 Å². The van der Waals surface area contributed by atoms with E-state index in [1.54, 1.807) is 4.90 Å². The highest BCUT2D eigenvalue weighted by atomic mass is 16.2. The molecule has 152 valence electrons. The summed E-state index contributed by atoms with van der Waals surface area (Å²) in [4.78, 5) is 48.1. The number of aryl methyl sites for hydroxylation is 1. The third kappa shape index (κ3) is 4.09. The fourth-order valence-electron chi connectivity index (χ4n) is 4.24. The summed E-state index contributed by atoms with van der Waals surface area (Å²) in [5, 5.41) is 0. The Balaban J connectivity index is 1.47. The highest BCUT2D eigenvalue weighted by Gasteiger charge is 2.30. The van der Waals surface area contributed by atoms with Crippen molar-refractivity contribution in [3.8, 4) is 0 Å². The van der Waals surface area contributed by atoms with Gasteiger partial charge in [-0.3, -0.25) is 14.4 Å². The Morgan fingerprint density at radius 1 is 1.24 bits per heavy atom. The standard InChI is InChI=1S/C22H26N4O3/c1-14-4-3-5-16(10-14)11-20(28)26-8-6-17(12-26)21-23-19-13-25(15(2)27)9-7-18(19)22(29)24-21/h3-5,10,17H,6-9,11-13H2,1-2H3,(H,23,24,29). The number of rotatable bonds is 3. The monoisotopic (exact) mass is 394 g/mol. The zero-order valence-corrected chi connectivity index (χ0v) is 16.9. The van der Waals surface area contributed by atoms with Crippen LogP contribution in [0.15, 0.2) is 29.1 Å². The number of H-pyrrole nitrogens is 1. The van der Waals surface area contributed by atoms with Crippen LogP contribution in [0, 0.1) is 6.92 Å². The molecule has 0 spiro atoms. The Bertz CT molecular complexity index is 1010. The predicted molar refractivity (Wildman–Crippen MR) is 108 cm³/mol. The van der Waals surface area contributed by atoms with Crippen LogP contribution in [0.1, 0.15) is 47.5 Å². The molecule has 0 bridgehead atoms. The number of likely N-dealkylation sites (tertiary alicyclic amines) is 1. The van der Waals surface area contributed by atoms with Crippen LogP contribution < -0.4 is 5.56 Å². The number of hydrogen-bond acceptors (Lipinski definition) is 4. The third-order valence-corrected chi connectivity index (χ3v) is 5.90. The summed E-state index contributed by atoms with van der Waals surface area (Å²) in [5.74, 6) is 0.737. The second kappa shape index (κ2) is 7.81. The van der Waals surface area contributed by atoms with E-state index in [0.29, 0.717) is 56.1 Å². The van der Waals surface area contributed by atoms with Crippen LogP contribution in [0.3, 0.4) is 0 Å². The number of nitrogens with zero attached hydrogens (tertiary/aromatic N) is 3. The first-order valence-corrected chi connectivity index (χ1v) is 10.1. The molecule has 2 aliphatic rings. The second-order valence-electron chi connectivity index (χ2n) is 8.06. The van der Waals surface area contributed by atoms with E-state index >= 15 is 0 Å². The van der Waals surface area contributed by atoms with Crippen LogP contribution in [0.5, 0.6) is 0 Å². The van der Waals surface area contributed by atoms with Crippen molar-refractivity contribution in [2.45, 2.75) is 45.6 Å². The first-order valence-electron chi connectivity index (χ1n) is 10.1.